The Morgan fingerprint density at radius 2 is 1.80 bits per heavy atom. The van der Waals surface area contributed by atoms with E-state index in [1.165, 1.54) is 5.69 Å². The second-order valence-electron chi connectivity index (χ2n) is 6.81. The molecule has 0 aliphatic heterocycles. The molecule has 0 fully saturated rings. The maximum atomic E-state index is 12.2. The number of anilines is 2. The smallest absolute Gasteiger partial charge is 0.323 e. The highest BCUT2D eigenvalue weighted by Crippen LogP contribution is 2.30. The van der Waals surface area contributed by atoms with Crippen molar-refractivity contribution < 1.29 is 4.79 Å². The molecule has 3 aromatic rings. The second-order valence-corrected chi connectivity index (χ2v) is 7.25. The fourth-order valence-corrected chi connectivity index (χ4v) is 2.82. The van der Waals surface area contributed by atoms with Crippen LogP contribution in [0.2, 0.25) is 5.02 Å². The molecule has 0 atom stereocenters. The molecule has 2 aromatic carbocycles. The van der Waals surface area contributed by atoms with Gasteiger partial charge in [0.2, 0.25) is 0 Å². The van der Waals surface area contributed by atoms with Gasteiger partial charge in [0.05, 0.1) is 0 Å². The van der Waals surface area contributed by atoms with E-state index in [4.69, 9.17) is 11.6 Å². The molecule has 2 amide bonds. The molecule has 25 heavy (non-hydrogen) atoms. The van der Waals surface area contributed by atoms with Gasteiger partial charge in [0.15, 0.2) is 0 Å². The molecule has 5 heteroatoms. The van der Waals surface area contributed by atoms with Crippen molar-refractivity contribution in [2.24, 2.45) is 0 Å². The number of carbonyl (C=O) groups excluding carboxylic acids is 1. The first-order valence-electron chi connectivity index (χ1n) is 8.34. The number of benzene rings is 2. The van der Waals surface area contributed by atoms with Crippen molar-refractivity contribution in [1.29, 1.82) is 0 Å². The lowest BCUT2D eigenvalue weighted by molar-refractivity contribution is 0.262. The number of rotatable bonds is 4. The Balaban J connectivity index is 1.76. The van der Waals surface area contributed by atoms with Crippen molar-refractivity contribution in [3.05, 3.63) is 59.2 Å². The molecule has 0 saturated carbocycles. The van der Waals surface area contributed by atoms with Gasteiger partial charge in [-0.1, -0.05) is 38.4 Å². The molecule has 0 unspecified atom stereocenters. The third kappa shape index (κ3) is 3.97. The monoisotopic (exact) mass is 355 g/mol. The van der Waals surface area contributed by atoms with Gasteiger partial charge in [-0.25, -0.2) is 4.79 Å². The van der Waals surface area contributed by atoms with E-state index in [1.807, 2.05) is 18.2 Å². The van der Waals surface area contributed by atoms with Gasteiger partial charge in [0.1, 0.15) is 0 Å². The molecular weight excluding hydrogens is 334 g/mol. The van der Waals surface area contributed by atoms with Crippen molar-refractivity contribution in [2.75, 3.05) is 10.6 Å². The van der Waals surface area contributed by atoms with Crippen LogP contribution < -0.4 is 10.6 Å². The molecule has 0 aliphatic carbocycles. The summed E-state index contributed by atoms with van der Waals surface area (Å²) in [5.74, 6) is 0. The zero-order valence-corrected chi connectivity index (χ0v) is 15.4. The normalized spacial score (nSPS) is 11.5. The molecule has 0 radical (unpaired) electrons. The van der Waals surface area contributed by atoms with Crippen molar-refractivity contribution in [3.8, 4) is 0 Å². The number of nitrogens with one attached hydrogen (secondary N) is 3. The van der Waals surface area contributed by atoms with E-state index < -0.39 is 0 Å². The van der Waals surface area contributed by atoms with Crippen molar-refractivity contribution >= 4 is 39.9 Å². The van der Waals surface area contributed by atoms with Crippen LogP contribution in [0.25, 0.3) is 10.9 Å². The lowest BCUT2D eigenvalue weighted by Gasteiger charge is -2.20. The van der Waals surface area contributed by atoms with Crippen LogP contribution in [-0.4, -0.2) is 11.0 Å². The molecule has 1 aromatic heterocycles. The average molecular weight is 356 g/mol. The van der Waals surface area contributed by atoms with E-state index in [2.05, 4.69) is 42.5 Å². The highest BCUT2D eigenvalue weighted by Gasteiger charge is 2.20. The minimum absolute atomic E-state index is 0.0938. The number of carbonyl (C=O) groups is 1. The average Bonchev–Trinajstić information content (AvgIpc) is 2.99. The topological polar surface area (TPSA) is 56.9 Å². The minimum atomic E-state index is -0.300. The van der Waals surface area contributed by atoms with Gasteiger partial charge in [-0.2, -0.15) is 0 Å². The van der Waals surface area contributed by atoms with Gasteiger partial charge in [-0.05, 0) is 48.9 Å². The highest BCUT2D eigenvalue weighted by atomic mass is 35.5. The van der Waals surface area contributed by atoms with E-state index >= 15 is 0 Å². The summed E-state index contributed by atoms with van der Waals surface area (Å²) in [6.45, 7) is 6.61. The number of amides is 2. The van der Waals surface area contributed by atoms with Crippen LogP contribution in [0.4, 0.5) is 16.2 Å². The third-order valence-corrected chi connectivity index (χ3v) is 4.81. The van der Waals surface area contributed by atoms with E-state index in [0.29, 0.717) is 10.7 Å². The number of urea groups is 1. The largest absolute Gasteiger partial charge is 0.358 e. The predicted molar refractivity (Wildman–Crippen MR) is 106 cm³/mol. The zero-order valence-electron chi connectivity index (χ0n) is 14.6. The van der Waals surface area contributed by atoms with E-state index in [0.717, 1.165) is 23.0 Å². The van der Waals surface area contributed by atoms with Crippen LogP contribution in [0, 0.1) is 0 Å². The second kappa shape index (κ2) is 6.81. The lowest BCUT2D eigenvalue weighted by Crippen LogP contribution is -2.19. The van der Waals surface area contributed by atoms with E-state index in [1.54, 1.807) is 24.3 Å². The summed E-state index contributed by atoms with van der Waals surface area (Å²) in [5, 5.41) is 7.29. The molecule has 4 nitrogen and oxygen atoms in total. The summed E-state index contributed by atoms with van der Waals surface area (Å²) in [5.41, 5.74) is 3.76. The molecule has 3 N–H and O–H groups in total. The van der Waals surface area contributed by atoms with Gasteiger partial charge >= 0.3 is 6.03 Å². The van der Waals surface area contributed by atoms with Crippen LogP contribution in [0.5, 0.6) is 0 Å². The Morgan fingerprint density at radius 1 is 1.08 bits per heavy atom. The number of H-pyrrole nitrogens is 1. The Kier molecular flexibility index (Phi) is 4.73. The summed E-state index contributed by atoms with van der Waals surface area (Å²) >= 11 is 5.93. The standard InChI is InChI=1S/C20H22ClN3O/c1-4-20(2,3)18-11-13-10-16(8-9-17(13)24-18)23-19(25)22-15-7-5-6-14(21)12-15/h5-12,24H,4H2,1-3H3,(H2,22,23,25). The van der Waals surface area contributed by atoms with E-state index in [-0.39, 0.29) is 11.4 Å². The van der Waals surface area contributed by atoms with Crippen LogP contribution >= 0.6 is 11.6 Å². The van der Waals surface area contributed by atoms with Crippen molar-refractivity contribution in [3.63, 3.8) is 0 Å². The van der Waals surface area contributed by atoms with Crippen LogP contribution in [-0.2, 0) is 5.41 Å². The Morgan fingerprint density at radius 3 is 2.48 bits per heavy atom. The summed E-state index contributed by atoms with van der Waals surface area (Å²) < 4.78 is 0. The Hall–Kier alpha value is -2.46. The maximum Gasteiger partial charge on any atom is 0.323 e. The molecule has 0 aliphatic rings. The Bertz CT molecular complexity index is 914. The third-order valence-electron chi connectivity index (χ3n) is 4.57. The molecule has 130 valence electrons. The van der Waals surface area contributed by atoms with Crippen LogP contribution in [0.1, 0.15) is 32.9 Å². The zero-order chi connectivity index (χ0) is 18.0. The number of fused-ring (bicyclic) bond motifs is 1. The molecule has 0 saturated heterocycles. The number of hydrogen-bond acceptors (Lipinski definition) is 1. The minimum Gasteiger partial charge on any atom is -0.358 e. The number of aromatic nitrogens is 1. The first-order valence-corrected chi connectivity index (χ1v) is 8.72. The molecule has 0 bridgehead atoms. The van der Waals surface area contributed by atoms with E-state index in [9.17, 15) is 4.79 Å². The lowest BCUT2D eigenvalue weighted by atomic mass is 9.86. The molecule has 0 spiro atoms. The number of aromatic amines is 1. The molecule has 3 rings (SSSR count). The predicted octanol–water partition coefficient (Wildman–Crippen LogP) is 6.15. The first-order chi connectivity index (χ1) is 11.9. The van der Waals surface area contributed by atoms with Crippen molar-refractivity contribution in [1.82, 2.24) is 4.98 Å². The number of hydrogen-bond donors (Lipinski definition) is 3. The van der Waals surface area contributed by atoms with Gasteiger partial charge in [-0.15, -0.1) is 0 Å². The van der Waals surface area contributed by atoms with Gasteiger partial charge in [-0.3, -0.25) is 0 Å². The summed E-state index contributed by atoms with van der Waals surface area (Å²) in [6.07, 6.45) is 1.05. The summed E-state index contributed by atoms with van der Waals surface area (Å²) in [4.78, 5) is 15.6. The first kappa shape index (κ1) is 17.4. The van der Waals surface area contributed by atoms with Crippen LogP contribution in [0.15, 0.2) is 48.5 Å². The summed E-state index contributed by atoms with van der Waals surface area (Å²) in [7, 11) is 0. The highest BCUT2D eigenvalue weighted by molar-refractivity contribution is 6.30. The fraction of sp³-hybridized carbons (Fsp3) is 0.250. The van der Waals surface area contributed by atoms with Crippen LogP contribution in [0.3, 0.4) is 0 Å². The quantitative estimate of drug-likeness (QED) is 0.516. The van der Waals surface area contributed by atoms with Gasteiger partial charge in [0, 0.05) is 38.4 Å². The maximum absolute atomic E-state index is 12.2. The van der Waals surface area contributed by atoms with Gasteiger partial charge < -0.3 is 15.6 Å². The summed E-state index contributed by atoms with van der Waals surface area (Å²) in [6, 6.07) is 14.7. The number of halogens is 1. The van der Waals surface area contributed by atoms with Gasteiger partial charge in [0.25, 0.3) is 0 Å². The Labute approximate surface area is 152 Å². The fourth-order valence-electron chi connectivity index (χ4n) is 2.63. The van der Waals surface area contributed by atoms with Crippen molar-refractivity contribution in [2.45, 2.75) is 32.6 Å². The molecular formula is C20H22ClN3O. The SMILES string of the molecule is CCC(C)(C)c1cc2cc(NC(=O)Nc3cccc(Cl)c3)ccc2[nH]1. The molecule has 1 heterocycles.